The van der Waals surface area contributed by atoms with Crippen LogP contribution in [0.2, 0.25) is 0 Å². The van der Waals surface area contributed by atoms with Gasteiger partial charge in [-0.05, 0) is 41.7 Å². The molecule has 1 aromatic heterocycles. The van der Waals surface area contributed by atoms with Crippen molar-refractivity contribution in [1.29, 1.82) is 0 Å². The van der Waals surface area contributed by atoms with E-state index in [1.807, 2.05) is 42.5 Å². The molecular formula is C21H23N3O4S. The van der Waals surface area contributed by atoms with Crippen molar-refractivity contribution in [3.63, 3.8) is 0 Å². The van der Waals surface area contributed by atoms with Gasteiger partial charge < -0.3 is 9.47 Å². The quantitative estimate of drug-likeness (QED) is 0.642. The number of pyridine rings is 1. The summed E-state index contributed by atoms with van der Waals surface area (Å²) in [5, 5.41) is 6.32. The second-order valence-electron chi connectivity index (χ2n) is 7.10. The van der Waals surface area contributed by atoms with Crippen molar-refractivity contribution in [3.05, 3.63) is 54.2 Å². The first-order chi connectivity index (χ1) is 13.9. The molecule has 1 saturated carbocycles. The van der Waals surface area contributed by atoms with E-state index in [2.05, 4.69) is 4.98 Å². The first-order valence-corrected chi connectivity index (χ1v) is 10.8. The zero-order chi connectivity index (χ0) is 20.6. The van der Waals surface area contributed by atoms with Crippen LogP contribution >= 0.6 is 0 Å². The molecule has 8 heteroatoms. The number of fused-ring (bicyclic) bond motifs is 1. The summed E-state index contributed by atoms with van der Waals surface area (Å²) in [7, 11) is -0.507. The van der Waals surface area contributed by atoms with Crippen LogP contribution in [-0.2, 0) is 16.8 Å². The van der Waals surface area contributed by atoms with Gasteiger partial charge in [-0.15, -0.1) is 0 Å². The Labute approximate surface area is 170 Å². The Balaban J connectivity index is 1.68. The van der Waals surface area contributed by atoms with Crippen LogP contribution in [0, 0.1) is 0 Å². The minimum Gasteiger partial charge on any atom is -0.493 e. The zero-order valence-corrected chi connectivity index (χ0v) is 17.1. The summed E-state index contributed by atoms with van der Waals surface area (Å²) in [6.07, 6.45) is 3.49. The van der Waals surface area contributed by atoms with E-state index in [9.17, 15) is 8.42 Å². The van der Waals surface area contributed by atoms with E-state index in [1.165, 1.54) is 4.31 Å². The third kappa shape index (κ3) is 4.05. The summed E-state index contributed by atoms with van der Waals surface area (Å²) < 4.78 is 35.9. The minimum atomic E-state index is -3.71. The van der Waals surface area contributed by atoms with Gasteiger partial charge in [0.05, 0.1) is 19.7 Å². The molecule has 1 fully saturated rings. The molecule has 1 aliphatic carbocycles. The monoisotopic (exact) mass is 413 g/mol. The second-order valence-corrected chi connectivity index (χ2v) is 8.60. The van der Waals surface area contributed by atoms with E-state index < -0.39 is 10.2 Å². The first kappa shape index (κ1) is 19.6. The van der Waals surface area contributed by atoms with E-state index in [0.717, 1.165) is 40.4 Å². The molecule has 3 aromatic rings. The van der Waals surface area contributed by atoms with Crippen molar-refractivity contribution in [2.75, 3.05) is 14.2 Å². The Bertz CT molecular complexity index is 1140. The number of ether oxygens (including phenoxy) is 2. The molecule has 7 nitrogen and oxygen atoms in total. The normalized spacial score (nSPS) is 14.3. The second kappa shape index (κ2) is 7.62. The van der Waals surface area contributed by atoms with Crippen LogP contribution in [0.1, 0.15) is 18.4 Å². The van der Waals surface area contributed by atoms with Gasteiger partial charge in [-0.25, -0.2) is 5.14 Å². The van der Waals surface area contributed by atoms with Gasteiger partial charge in [0, 0.05) is 30.2 Å². The molecule has 2 aromatic carbocycles. The molecule has 0 amide bonds. The van der Waals surface area contributed by atoms with Crippen LogP contribution in [0.25, 0.3) is 22.0 Å². The van der Waals surface area contributed by atoms with Crippen LogP contribution in [0.15, 0.2) is 48.7 Å². The summed E-state index contributed by atoms with van der Waals surface area (Å²) in [6.45, 7) is 0.284. The van der Waals surface area contributed by atoms with E-state index >= 15 is 0 Å². The number of nitrogens with two attached hydrogens (primary N) is 1. The van der Waals surface area contributed by atoms with Gasteiger partial charge in [-0.3, -0.25) is 4.98 Å². The fraction of sp³-hybridized carbons (Fsp3) is 0.286. The number of hydrogen-bond acceptors (Lipinski definition) is 5. The summed E-state index contributed by atoms with van der Waals surface area (Å²) in [5.74, 6) is 1.27. The summed E-state index contributed by atoms with van der Waals surface area (Å²) in [6, 6.07) is 13.6. The molecule has 0 aliphatic heterocycles. The number of rotatable bonds is 7. The lowest BCUT2D eigenvalue weighted by Crippen LogP contribution is -2.37. The van der Waals surface area contributed by atoms with Crippen LogP contribution in [0.5, 0.6) is 11.5 Å². The minimum absolute atomic E-state index is 0.0243. The number of methoxy groups -OCH3 is 2. The van der Waals surface area contributed by atoms with E-state index in [4.69, 9.17) is 14.6 Å². The van der Waals surface area contributed by atoms with Gasteiger partial charge in [-0.2, -0.15) is 12.7 Å². The Morgan fingerprint density at radius 2 is 1.72 bits per heavy atom. The van der Waals surface area contributed by atoms with Gasteiger partial charge >= 0.3 is 0 Å². The number of benzene rings is 2. The number of nitrogens with zero attached hydrogens (tertiary/aromatic N) is 2. The molecule has 0 unspecified atom stereocenters. The van der Waals surface area contributed by atoms with Crippen LogP contribution < -0.4 is 14.6 Å². The van der Waals surface area contributed by atoms with Gasteiger partial charge in [0.25, 0.3) is 10.2 Å². The average molecular weight is 413 g/mol. The van der Waals surface area contributed by atoms with Crippen LogP contribution in [0.3, 0.4) is 0 Å². The lowest BCUT2D eigenvalue weighted by molar-refractivity contribution is 0.356. The summed E-state index contributed by atoms with van der Waals surface area (Å²) in [5.41, 5.74) is 3.71. The molecular weight excluding hydrogens is 390 g/mol. The van der Waals surface area contributed by atoms with Crippen LogP contribution in [-0.4, -0.2) is 38.0 Å². The fourth-order valence-corrected chi connectivity index (χ4v) is 4.44. The van der Waals surface area contributed by atoms with Gasteiger partial charge in [0.2, 0.25) is 0 Å². The molecule has 2 N–H and O–H groups in total. The number of hydrogen-bond donors (Lipinski definition) is 1. The van der Waals surface area contributed by atoms with Crippen molar-refractivity contribution in [3.8, 4) is 22.6 Å². The molecule has 4 rings (SSSR count). The van der Waals surface area contributed by atoms with Gasteiger partial charge in [0.15, 0.2) is 11.5 Å². The van der Waals surface area contributed by atoms with Crippen molar-refractivity contribution in [1.82, 2.24) is 9.29 Å². The first-order valence-electron chi connectivity index (χ1n) is 9.30. The highest BCUT2D eigenvalue weighted by molar-refractivity contribution is 7.86. The molecule has 29 heavy (non-hydrogen) atoms. The largest absolute Gasteiger partial charge is 0.493 e. The Hall–Kier alpha value is -2.68. The van der Waals surface area contributed by atoms with E-state index in [1.54, 1.807) is 20.4 Å². The molecule has 0 atom stereocenters. The maximum Gasteiger partial charge on any atom is 0.277 e. The van der Waals surface area contributed by atoms with E-state index in [-0.39, 0.29) is 12.6 Å². The molecule has 0 bridgehead atoms. The molecule has 0 saturated heterocycles. The highest BCUT2D eigenvalue weighted by atomic mass is 32.2. The predicted molar refractivity (Wildman–Crippen MR) is 112 cm³/mol. The molecule has 152 valence electrons. The third-order valence-electron chi connectivity index (χ3n) is 5.13. The average Bonchev–Trinajstić information content (AvgIpc) is 3.55. The van der Waals surface area contributed by atoms with E-state index in [0.29, 0.717) is 11.5 Å². The lowest BCUT2D eigenvalue weighted by atomic mass is 10.00. The Morgan fingerprint density at radius 3 is 2.31 bits per heavy atom. The van der Waals surface area contributed by atoms with Gasteiger partial charge in [-0.1, -0.05) is 24.3 Å². The summed E-state index contributed by atoms with van der Waals surface area (Å²) >= 11 is 0. The SMILES string of the molecule is COc1cc2nccc(-c3ccc(CN(C4CC4)S(N)(=O)=O)cc3)c2cc1OC. The smallest absolute Gasteiger partial charge is 0.277 e. The van der Waals surface area contributed by atoms with Crippen molar-refractivity contribution in [2.45, 2.75) is 25.4 Å². The third-order valence-corrected chi connectivity index (χ3v) is 6.21. The Kier molecular flexibility index (Phi) is 5.16. The Morgan fingerprint density at radius 1 is 1.07 bits per heavy atom. The van der Waals surface area contributed by atoms with Crippen LogP contribution in [0.4, 0.5) is 0 Å². The van der Waals surface area contributed by atoms with Gasteiger partial charge in [0.1, 0.15) is 0 Å². The molecule has 1 aliphatic rings. The fourth-order valence-electron chi connectivity index (χ4n) is 3.48. The molecule has 0 spiro atoms. The van der Waals surface area contributed by atoms with Crippen molar-refractivity contribution < 1.29 is 17.9 Å². The highest BCUT2D eigenvalue weighted by Gasteiger charge is 2.35. The topological polar surface area (TPSA) is 94.7 Å². The standard InChI is InChI=1S/C21H23N3O4S/c1-27-20-11-18-17(9-10-23-19(18)12-21(20)28-2)15-5-3-14(4-6-15)13-24(16-7-8-16)29(22,25)26/h3-6,9-12,16H,7-8,13H2,1-2H3,(H2,22,25,26). The molecule has 0 radical (unpaired) electrons. The summed E-state index contributed by atoms with van der Waals surface area (Å²) in [4.78, 5) is 4.44. The predicted octanol–water partition coefficient (Wildman–Crippen LogP) is 3.09. The maximum absolute atomic E-state index is 11.8. The lowest BCUT2D eigenvalue weighted by Gasteiger charge is -2.19. The van der Waals surface area contributed by atoms with Crippen molar-refractivity contribution >= 4 is 21.1 Å². The molecule has 1 heterocycles. The zero-order valence-electron chi connectivity index (χ0n) is 16.3. The maximum atomic E-state index is 11.8. The van der Waals surface area contributed by atoms with Crippen molar-refractivity contribution in [2.24, 2.45) is 5.14 Å². The number of aromatic nitrogens is 1. The highest BCUT2D eigenvalue weighted by Crippen LogP contribution is 2.36.